The van der Waals surface area contributed by atoms with Gasteiger partial charge >= 0.3 is 0 Å². The van der Waals surface area contributed by atoms with Gasteiger partial charge in [0.15, 0.2) is 0 Å². The number of rotatable bonds is 1. The fourth-order valence-electron chi connectivity index (χ4n) is 3.22. The molecule has 1 unspecified atom stereocenters. The summed E-state index contributed by atoms with van der Waals surface area (Å²) in [4.78, 5) is 0. The fraction of sp³-hybridized carbons (Fsp3) is 0.769. The number of aryl methyl sites for hydroxylation is 1. The van der Waals surface area contributed by atoms with E-state index in [0.717, 1.165) is 6.54 Å². The normalized spacial score (nSPS) is 25.4. The molecular formula is C13H21N3. The molecule has 2 aliphatic rings. The number of nitrogens with one attached hydrogen (secondary N) is 1. The first-order valence-corrected chi connectivity index (χ1v) is 6.61. The summed E-state index contributed by atoms with van der Waals surface area (Å²) >= 11 is 0. The van der Waals surface area contributed by atoms with Crippen LogP contribution in [-0.4, -0.2) is 22.9 Å². The van der Waals surface area contributed by atoms with Gasteiger partial charge in [0.05, 0.1) is 5.69 Å². The molecule has 2 heterocycles. The molecule has 88 valence electrons. The second kappa shape index (κ2) is 4.21. The van der Waals surface area contributed by atoms with Gasteiger partial charge in [-0.1, -0.05) is 0 Å². The molecule has 1 saturated heterocycles. The van der Waals surface area contributed by atoms with Gasteiger partial charge in [-0.3, -0.25) is 4.68 Å². The van der Waals surface area contributed by atoms with Crippen LogP contribution in [0.4, 0.5) is 0 Å². The molecule has 0 bridgehead atoms. The lowest BCUT2D eigenvalue weighted by Gasteiger charge is -2.23. The Morgan fingerprint density at radius 2 is 2.12 bits per heavy atom. The van der Waals surface area contributed by atoms with Crippen molar-refractivity contribution in [2.45, 2.75) is 44.4 Å². The average molecular weight is 219 g/mol. The van der Waals surface area contributed by atoms with Gasteiger partial charge in [-0.25, -0.2) is 0 Å². The largest absolute Gasteiger partial charge is 0.316 e. The van der Waals surface area contributed by atoms with Crippen LogP contribution in [0.5, 0.6) is 0 Å². The van der Waals surface area contributed by atoms with Gasteiger partial charge in [-0.05, 0) is 50.6 Å². The van der Waals surface area contributed by atoms with Crippen LogP contribution in [0.3, 0.4) is 0 Å². The smallest absolute Gasteiger partial charge is 0.0702 e. The Balaban J connectivity index is 1.93. The molecule has 16 heavy (non-hydrogen) atoms. The molecule has 3 rings (SSSR count). The average Bonchev–Trinajstić information content (AvgIpc) is 2.69. The molecule has 3 nitrogen and oxygen atoms in total. The van der Waals surface area contributed by atoms with Crippen molar-refractivity contribution in [3.05, 3.63) is 17.0 Å². The lowest BCUT2D eigenvalue weighted by Crippen LogP contribution is -2.29. The predicted molar refractivity (Wildman–Crippen MR) is 64.7 cm³/mol. The minimum atomic E-state index is 0.668. The summed E-state index contributed by atoms with van der Waals surface area (Å²) < 4.78 is 2.14. The van der Waals surface area contributed by atoms with E-state index in [0.29, 0.717) is 5.92 Å². The topological polar surface area (TPSA) is 29.9 Å². The lowest BCUT2D eigenvalue weighted by molar-refractivity contribution is 0.449. The zero-order valence-electron chi connectivity index (χ0n) is 10.1. The van der Waals surface area contributed by atoms with E-state index in [9.17, 15) is 0 Å². The van der Waals surface area contributed by atoms with Crippen LogP contribution in [-0.2, 0) is 19.9 Å². The van der Waals surface area contributed by atoms with Gasteiger partial charge in [0.25, 0.3) is 0 Å². The van der Waals surface area contributed by atoms with Crippen LogP contribution in [0.1, 0.15) is 48.6 Å². The van der Waals surface area contributed by atoms with Gasteiger partial charge < -0.3 is 5.32 Å². The molecule has 1 N–H and O–H groups in total. The molecule has 1 atom stereocenters. The van der Waals surface area contributed by atoms with Crippen molar-refractivity contribution < 1.29 is 0 Å². The summed E-state index contributed by atoms with van der Waals surface area (Å²) in [7, 11) is 2.11. The summed E-state index contributed by atoms with van der Waals surface area (Å²) in [5, 5.41) is 8.29. The number of hydrogen-bond donors (Lipinski definition) is 1. The number of fused-ring (bicyclic) bond motifs is 1. The lowest BCUT2D eigenvalue weighted by atomic mass is 9.88. The second-order valence-corrected chi connectivity index (χ2v) is 5.18. The van der Waals surface area contributed by atoms with Crippen LogP contribution < -0.4 is 5.32 Å². The van der Waals surface area contributed by atoms with E-state index < -0.39 is 0 Å². The highest BCUT2D eigenvalue weighted by atomic mass is 15.3. The molecule has 1 aliphatic heterocycles. The van der Waals surface area contributed by atoms with Gasteiger partial charge in [0.2, 0.25) is 0 Å². The Morgan fingerprint density at radius 1 is 1.25 bits per heavy atom. The van der Waals surface area contributed by atoms with Crippen molar-refractivity contribution >= 4 is 0 Å². The van der Waals surface area contributed by atoms with Crippen molar-refractivity contribution in [1.82, 2.24) is 15.1 Å². The van der Waals surface area contributed by atoms with Crippen LogP contribution >= 0.6 is 0 Å². The van der Waals surface area contributed by atoms with Gasteiger partial charge in [-0.15, -0.1) is 0 Å². The Hall–Kier alpha value is -0.830. The number of aromatic nitrogens is 2. The van der Waals surface area contributed by atoms with Crippen LogP contribution in [0.15, 0.2) is 0 Å². The van der Waals surface area contributed by atoms with Crippen molar-refractivity contribution in [1.29, 1.82) is 0 Å². The number of hydrogen-bond acceptors (Lipinski definition) is 2. The third-order valence-corrected chi connectivity index (χ3v) is 4.08. The summed E-state index contributed by atoms with van der Waals surface area (Å²) in [6, 6.07) is 0. The van der Waals surface area contributed by atoms with Crippen molar-refractivity contribution in [2.75, 3.05) is 13.1 Å². The van der Waals surface area contributed by atoms with Crippen molar-refractivity contribution in [3.63, 3.8) is 0 Å². The van der Waals surface area contributed by atoms with E-state index in [2.05, 4.69) is 17.0 Å². The van der Waals surface area contributed by atoms with Crippen LogP contribution in [0.25, 0.3) is 0 Å². The minimum absolute atomic E-state index is 0.668. The van der Waals surface area contributed by atoms with Crippen molar-refractivity contribution in [2.24, 2.45) is 7.05 Å². The fourth-order valence-corrected chi connectivity index (χ4v) is 3.22. The maximum absolute atomic E-state index is 4.79. The first-order chi connectivity index (χ1) is 7.86. The second-order valence-electron chi connectivity index (χ2n) is 5.18. The molecule has 0 radical (unpaired) electrons. The van der Waals surface area contributed by atoms with E-state index in [-0.39, 0.29) is 0 Å². The summed E-state index contributed by atoms with van der Waals surface area (Å²) in [6.07, 6.45) is 7.81. The van der Waals surface area contributed by atoms with E-state index in [1.54, 1.807) is 5.56 Å². The number of piperidine rings is 1. The Kier molecular flexibility index (Phi) is 2.72. The quantitative estimate of drug-likeness (QED) is 0.780. The van der Waals surface area contributed by atoms with E-state index in [4.69, 9.17) is 5.10 Å². The maximum atomic E-state index is 4.79. The van der Waals surface area contributed by atoms with Crippen LogP contribution in [0.2, 0.25) is 0 Å². The first-order valence-electron chi connectivity index (χ1n) is 6.61. The molecule has 1 fully saturated rings. The third-order valence-electron chi connectivity index (χ3n) is 4.08. The summed E-state index contributed by atoms with van der Waals surface area (Å²) in [6.45, 7) is 2.31. The Labute approximate surface area is 97.2 Å². The summed E-state index contributed by atoms with van der Waals surface area (Å²) in [5.41, 5.74) is 4.50. The van der Waals surface area contributed by atoms with E-state index in [1.807, 2.05) is 0 Å². The highest BCUT2D eigenvalue weighted by Gasteiger charge is 2.25. The highest BCUT2D eigenvalue weighted by Crippen LogP contribution is 2.31. The Bertz CT molecular complexity index is 375. The third kappa shape index (κ3) is 1.67. The first kappa shape index (κ1) is 10.3. The summed E-state index contributed by atoms with van der Waals surface area (Å²) in [5.74, 6) is 0.668. The van der Waals surface area contributed by atoms with Gasteiger partial charge in [0.1, 0.15) is 0 Å². The molecular weight excluding hydrogens is 198 g/mol. The van der Waals surface area contributed by atoms with Gasteiger partial charge in [-0.2, -0.15) is 5.10 Å². The molecule has 0 spiro atoms. The number of nitrogens with zero attached hydrogens (tertiary/aromatic N) is 2. The maximum Gasteiger partial charge on any atom is 0.0702 e. The molecule has 0 amide bonds. The molecule has 3 heteroatoms. The van der Waals surface area contributed by atoms with E-state index in [1.165, 1.54) is 56.5 Å². The predicted octanol–water partition coefficient (Wildman–Crippen LogP) is 1.77. The molecule has 1 aromatic rings. The van der Waals surface area contributed by atoms with Crippen LogP contribution in [0, 0.1) is 0 Å². The monoisotopic (exact) mass is 219 g/mol. The minimum Gasteiger partial charge on any atom is -0.316 e. The highest BCUT2D eigenvalue weighted by molar-refractivity contribution is 5.31. The SMILES string of the molecule is Cn1nc(C2CCCNC2)c2c1CCCC2. The van der Waals surface area contributed by atoms with E-state index >= 15 is 0 Å². The molecule has 0 saturated carbocycles. The Morgan fingerprint density at radius 3 is 2.94 bits per heavy atom. The zero-order valence-corrected chi connectivity index (χ0v) is 10.1. The molecule has 1 aromatic heterocycles. The van der Waals surface area contributed by atoms with Crippen molar-refractivity contribution in [3.8, 4) is 0 Å². The zero-order chi connectivity index (χ0) is 11.0. The standard InChI is InChI=1S/C13H21N3/c1-16-12-7-3-2-6-11(12)13(15-16)10-5-4-8-14-9-10/h10,14H,2-9H2,1H3. The molecule has 1 aliphatic carbocycles. The molecule has 0 aromatic carbocycles. The van der Waals surface area contributed by atoms with Gasteiger partial charge in [0, 0.05) is 25.2 Å².